The quantitative estimate of drug-likeness (QED) is 0.0536. The van der Waals surface area contributed by atoms with Crippen LogP contribution in [0.15, 0.2) is 113 Å². The molecule has 0 aliphatic heterocycles. The largest absolute Gasteiger partial charge is 0.423 e. The molecule has 9 nitrogen and oxygen atoms in total. The number of rotatable bonds is 8. The molecule has 0 aliphatic rings. The van der Waals surface area contributed by atoms with Crippen LogP contribution in [0.5, 0.6) is 5.75 Å². The zero-order valence-corrected chi connectivity index (χ0v) is 24.1. The second kappa shape index (κ2) is 14.5. The first-order valence-electron chi connectivity index (χ1n) is 12.3. The van der Waals surface area contributed by atoms with Crippen molar-refractivity contribution in [1.29, 1.82) is 0 Å². The normalized spacial score (nSPS) is 10.8. The molecule has 0 unspecified atom stereocenters. The average molecular weight is 646 g/mol. The average Bonchev–Trinajstić information content (AvgIpc) is 2.99. The van der Waals surface area contributed by atoms with Gasteiger partial charge in [0.15, 0.2) is 0 Å². The Labute approximate surface area is 254 Å². The number of anilines is 2. The topological polar surface area (TPSA) is 126 Å². The molecule has 210 valence electrons. The highest BCUT2D eigenvalue weighted by atomic mass is 79.9. The SMILES string of the molecule is O=C(C=Cc1ccccc1)Oc1ccc(Br)cc1C=NNC(=O)C(=O)Nc1ccccc1C(=O)Nc1ccc(Cl)cc1. The highest BCUT2D eigenvalue weighted by Crippen LogP contribution is 2.22. The lowest BCUT2D eigenvalue weighted by atomic mass is 10.1. The minimum Gasteiger partial charge on any atom is -0.423 e. The van der Waals surface area contributed by atoms with Gasteiger partial charge in [-0.15, -0.1) is 0 Å². The van der Waals surface area contributed by atoms with Crippen molar-refractivity contribution < 1.29 is 23.9 Å². The van der Waals surface area contributed by atoms with Gasteiger partial charge in [-0.3, -0.25) is 14.4 Å². The predicted molar refractivity (Wildman–Crippen MR) is 165 cm³/mol. The standard InChI is InChI=1S/C31H22BrClN4O5/c32-22-11-16-27(42-28(38)17-10-20-6-2-1-3-7-20)21(18-22)19-34-37-31(41)30(40)36-26-9-5-4-8-25(26)29(39)35-24-14-12-23(33)13-15-24/h1-19H,(H,35,39)(H,36,40)(H,37,41). The van der Waals surface area contributed by atoms with Gasteiger partial charge in [0.05, 0.1) is 17.5 Å². The minimum absolute atomic E-state index is 0.123. The summed E-state index contributed by atoms with van der Waals surface area (Å²) in [6.45, 7) is 0. The third-order valence-corrected chi connectivity index (χ3v) is 6.24. The lowest BCUT2D eigenvalue weighted by molar-refractivity contribution is -0.136. The van der Waals surface area contributed by atoms with Crippen LogP contribution in [0.2, 0.25) is 5.02 Å². The Bertz CT molecular complexity index is 1670. The molecule has 11 heteroatoms. The number of amides is 3. The van der Waals surface area contributed by atoms with Crippen molar-refractivity contribution in [2.45, 2.75) is 0 Å². The minimum atomic E-state index is -1.08. The van der Waals surface area contributed by atoms with E-state index in [1.165, 1.54) is 24.4 Å². The molecule has 0 saturated carbocycles. The summed E-state index contributed by atoms with van der Waals surface area (Å²) in [5.41, 5.74) is 4.08. The highest BCUT2D eigenvalue weighted by Gasteiger charge is 2.18. The Morgan fingerprint density at radius 2 is 1.52 bits per heavy atom. The molecule has 0 aliphatic carbocycles. The lowest BCUT2D eigenvalue weighted by Gasteiger charge is -2.11. The van der Waals surface area contributed by atoms with E-state index in [9.17, 15) is 19.2 Å². The first-order valence-corrected chi connectivity index (χ1v) is 13.5. The molecular formula is C31H22BrClN4O5. The van der Waals surface area contributed by atoms with Crippen molar-refractivity contribution in [3.63, 3.8) is 0 Å². The number of halogens is 2. The predicted octanol–water partition coefficient (Wildman–Crippen LogP) is 6.06. The molecule has 0 fully saturated rings. The van der Waals surface area contributed by atoms with Crippen molar-refractivity contribution in [2.75, 3.05) is 10.6 Å². The van der Waals surface area contributed by atoms with Crippen LogP contribution in [0, 0.1) is 0 Å². The zero-order chi connectivity index (χ0) is 29.9. The van der Waals surface area contributed by atoms with Crippen molar-refractivity contribution in [2.24, 2.45) is 5.10 Å². The monoisotopic (exact) mass is 644 g/mol. The molecule has 0 bridgehead atoms. The van der Waals surface area contributed by atoms with Gasteiger partial charge < -0.3 is 15.4 Å². The summed E-state index contributed by atoms with van der Waals surface area (Å²) in [6, 6.07) is 26.8. The molecule has 0 aromatic heterocycles. The number of hydrogen-bond donors (Lipinski definition) is 3. The summed E-state index contributed by atoms with van der Waals surface area (Å²) >= 11 is 9.22. The number of esters is 1. The summed E-state index contributed by atoms with van der Waals surface area (Å²) in [6.07, 6.45) is 4.14. The van der Waals surface area contributed by atoms with E-state index >= 15 is 0 Å². The van der Waals surface area contributed by atoms with E-state index in [0.29, 0.717) is 20.7 Å². The van der Waals surface area contributed by atoms with Crippen LogP contribution < -0.4 is 20.8 Å². The Balaban J connectivity index is 1.38. The number of nitrogens with zero attached hydrogens (tertiary/aromatic N) is 1. The molecule has 3 N–H and O–H groups in total. The third kappa shape index (κ3) is 8.72. The molecule has 4 aromatic rings. The first kappa shape index (κ1) is 29.9. The van der Waals surface area contributed by atoms with Crippen LogP contribution >= 0.6 is 27.5 Å². The molecule has 0 heterocycles. The lowest BCUT2D eigenvalue weighted by Crippen LogP contribution is -2.33. The summed E-state index contributed by atoms with van der Waals surface area (Å²) < 4.78 is 6.08. The van der Waals surface area contributed by atoms with Crippen LogP contribution in [0.25, 0.3) is 6.08 Å². The molecule has 0 spiro atoms. The molecule has 0 atom stereocenters. The third-order valence-electron chi connectivity index (χ3n) is 5.49. The number of carbonyl (C=O) groups is 4. The summed E-state index contributed by atoms with van der Waals surface area (Å²) in [4.78, 5) is 50.1. The van der Waals surface area contributed by atoms with Crippen molar-refractivity contribution in [1.82, 2.24) is 5.43 Å². The van der Waals surface area contributed by atoms with Crippen LogP contribution in [-0.4, -0.2) is 29.9 Å². The first-order chi connectivity index (χ1) is 20.3. The van der Waals surface area contributed by atoms with Crippen LogP contribution in [0.4, 0.5) is 11.4 Å². The number of ether oxygens (including phenoxy) is 1. The van der Waals surface area contributed by atoms with Crippen molar-refractivity contribution in [3.05, 3.63) is 129 Å². The summed E-state index contributed by atoms with van der Waals surface area (Å²) in [5, 5.41) is 9.46. The van der Waals surface area contributed by atoms with Gasteiger partial charge in [-0.1, -0.05) is 70.0 Å². The Hall–Kier alpha value is -5.06. The molecule has 3 amide bonds. The smallest absolute Gasteiger partial charge is 0.336 e. The van der Waals surface area contributed by atoms with E-state index in [-0.39, 0.29) is 17.0 Å². The van der Waals surface area contributed by atoms with Gasteiger partial charge in [0.25, 0.3) is 5.91 Å². The summed E-state index contributed by atoms with van der Waals surface area (Å²) in [5.74, 6) is -3.06. The number of nitrogens with one attached hydrogen (secondary N) is 3. The number of hydrogen-bond acceptors (Lipinski definition) is 6. The van der Waals surface area contributed by atoms with Crippen molar-refractivity contribution in [3.8, 4) is 5.75 Å². The van der Waals surface area contributed by atoms with Gasteiger partial charge in [0.2, 0.25) is 0 Å². The van der Waals surface area contributed by atoms with Gasteiger partial charge in [0.1, 0.15) is 5.75 Å². The van der Waals surface area contributed by atoms with Crippen LogP contribution in [-0.2, 0) is 14.4 Å². The number of hydrazone groups is 1. The van der Waals surface area contributed by atoms with Gasteiger partial charge in [-0.2, -0.15) is 5.10 Å². The Morgan fingerprint density at radius 1 is 0.810 bits per heavy atom. The number of carbonyl (C=O) groups excluding carboxylic acids is 4. The fourth-order valence-corrected chi connectivity index (χ4v) is 4.00. The second-order valence-electron chi connectivity index (χ2n) is 8.51. The van der Waals surface area contributed by atoms with Gasteiger partial charge in [-0.05, 0) is 66.2 Å². The van der Waals surface area contributed by atoms with Gasteiger partial charge in [-0.25, -0.2) is 10.2 Å². The maximum atomic E-state index is 12.8. The van der Waals surface area contributed by atoms with E-state index in [1.807, 2.05) is 30.3 Å². The Kier molecular flexibility index (Phi) is 10.4. The molecule has 4 rings (SSSR count). The van der Waals surface area contributed by atoms with Crippen LogP contribution in [0.3, 0.4) is 0 Å². The number of benzene rings is 4. The molecule has 0 saturated heterocycles. The highest BCUT2D eigenvalue weighted by molar-refractivity contribution is 9.10. The van der Waals surface area contributed by atoms with Crippen LogP contribution in [0.1, 0.15) is 21.5 Å². The fourth-order valence-electron chi connectivity index (χ4n) is 3.50. The number of para-hydroxylation sites is 1. The molecule has 4 aromatic carbocycles. The van der Waals surface area contributed by atoms with E-state index < -0.39 is 23.7 Å². The van der Waals surface area contributed by atoms with E-state index in [0.717, 1.165) is 5.56 Å². The maximum Gasteiger partial charge on any atom is 0.336 e. The summed E-state index contributed by atoms with van der Waals surface area (Å²) in [7, 11) is 0. The molecular weight excluding hydrogens is 624 g/mol. The van der Waals surface area contributed by atoms with E-state index in [4.69, 9.17) is 16.3 Å². The maximum absolute atomic E-state index is 12.8. The Morgan fingerprint density at radius 3 is 2.29 bits per heavy atom. The van der Waals surface area contributed by atoms with Gasteiger partial charge >= 0.3 is 17.8 Å². The van der Waals surface area contributed by atoms with Crippen molar-refractivity contribution >= 4 is 74.9 Å². The van der Waals surface area contributed by atoms with Gasteiger partial charge in [0, 0.05) is 26.8 Å². The fraction of sp³-hybridized carbons (Fsp3) is 0. The molecule has 0 radical (unpaired) electrons. The second-order valence-corrected chi connectivity index (χ2v) is 9.86. The zero-order valence-electron chi connectivity index (χ0n) is 21.7. The van der Waals surface area contributed by atoms with E-state index in [1.54, 1.807) is 60.7 Å². The molecule has 42 heavy (non-hydrogen) atoms. The van der Waals surface area contributed by atoms with E-state index in [2.05, 4.69) is 37.1 Å².